The molecule has 116 valence electrons. The monoisotopic (exact) mass is 313 g/mol. The van der Waals surface area contributed by atoms with Gasteiger partial charge in [-0.05, 0) is 13.8 Å². The Bertz CT molecular complexity index is 521. The van der Waals surface area contributed by atoms with Crippen LogP contribution in [0.5, 0.6) is 0 Å². The second-order valence-corrected chi connectivity index (χ2v) is 6.32. The van der Waals surface area contributed by atoms with Gasteiger partial charge in [-0.25, -0.2) is 0 Å². The molecule has 0 aliphatic carbocycles. The molecular weight excluding hydrogens is 293 g/mol. The average molecular weight is 313 g/mol. The first-order chi connectivity index (χ1) is 9.94. The van der Waals surface area contributed by atoms with E-state index >= 15 is 0 Å². The maximum absolute atomic E-state index is 12.8. The van der Waals surface area contributed by atoms with Crippen LogP contribution < -0.4 is 5.32 Å². The molecule has 1 aromatic carbocycles. The predicted octanol–water partition coefficient (Wildman–Crippen LogP) is 2.60. The van der Waals surface area contributed by atoms with Gasteiger partial charge in [-0.2, -0.15) is 0 Å². The minimum atomic E-state index is -3.79. The second-order valence-electron chi connectivity index (χ2n) is 4.21. The quantitative estimate of drug-likeness (QED) is 0.589. The third kappa shape index (κ3) is 4.77. The number of rotatable bonds is 8. The Kier molecular flexibility index (Phi) is 6.75. The summed E-state index contributed by atoms with van der Waals surface area (Å²) in [5, 5.41) is 2.39. The van der Waals surface area contributed by atoms with Crippen LogP contribution in [-0.2, 0) is 18.4 Å². The zero-order valence-corrected chi connectivity index (χ0v) is 13.3. The standard InChI is InChI=1S/C14H20NO5P/c1-4-19-21(18,20-5-2)14(15-11(3)16)13(17)12-9-7-6-8-10-12/h6-10,14H,4-5H2,1-3H3,(H,15,16)/t14-/m1/s1. The number of carbonyl (C=O) groups is 2. The van der Waals surface area contributed by atoms with Crippen LogP contribution >= 0.6 is 7.60 Å². The number of hydrogen-bond acceptors (Lipinski definition) is 5. The van der Waals surface area contributed by atoms with Crippen molar-refractivity contribution in [2.75, 3.05) is 13.2 Å². The molecule has 0 unspecified atom stereocenters. The van der Waals surface area contributed by atoms with Gasteiger partial charge < -0.3 is 14.4 Å². The molecule has 0 spiro atoms. The van der Waals surface area contributed by atoms with Gasteiger partial charge in [-0.15, -0.1) is 0 Å². The first-order valence-corrected chi connectivity index (χ1v) is 8.31. The fourth-order valence-electron chi connectivity index (χ4n) is 1.79. The van der Waals surface area contributed by atoms with Crippen molar-refractivity contribution in [3.05, 3.63) is 35.9 Å². The molecule has 0 bridgehead atoms. The average Bonchev–Trinajstić information content (AvgIpc) is 2.45. The maximum atomic E-state index is 12.8. The summed E-state index contributed by atoms with van der Waals surface area (Å²) in [6.45, 7) is 4.74. The molecule has 6 nitrogen and oxygen atoms in total. The lowest BCUT2D eigenvalue weighted by molar-refractivity contribution is -0.119. The van der Waals surface area contributed by atoms with Crippen molar-refractivity contribution in [2.45, 2.75) is 26.6 Å². The first-order valence-electron chi connectivity index (χ1n) is 6.69. The molecular formula is C14H20NO5P. The highest BCUT2D eigenvalue weighted by atomic mass is 31.2. The first kappa shape index (κ1) is 17.6. The van der Waals surface area contributed by atoms with Crippen molar-refractivity contribution in [2.24, 2.45) is 0 Å². The van der Waals surface area contributed by atoms with Gasteiger partial charge in [0.15, 0.2) is 11.6 Å². The van der Waals surface area contributed by atoms with E-state index in [0.717, 1.165) is 0 Å². The van der Waals surface area contributed by atoms with Crippen molar-refractivity contribution >= 4 is 19.3 Å². The lowest BCUT2D eigenvalue weighted by atomic mass is 10.1. The summed E-state index contributed by atoms with van der Waals surface area (Å²) in [5.74, 6) is -2.34. The minimum Gasteiger partial charge on any atom is -0.336 e. The summed E-state index contributed by atoms with van der Waals surface area (Å²) >= 11 is 0. The van der Waals surface area contributed by atoms with Crippen molar-refractivity contribution in [3.63, 3.8) is 0 Å². The normalized spacial score (nSPS) is 12.7. The minimum absolute atomic E-state index is 0.107. The predicted molar refractivity (Wildman–Crippen MR) is 79.2 cm³/mol. The van der Waals surface area contributed by atoms with E-state index in [1.165, 1.54) is 6.92 Å². The van der Waals surface area contributed by atoms with E-state index < -0.39 is 25.1 Å². The topological polar surface area (TPSA) is 81.7 Å². The molecule has 21 heavy (non-hydrogen) atoms. The van der Waals surface area contributed by atoms with Gasteiger partial charge in [0.25, 0.3) is 0 Å². The number of hydrogen-bond donors (Lipinski definition) is 1. The van der Waals surface area contributed by atoms with Gasteiger partial charge in [-0.1, -0.05) is 30.3 Å². The Hall–Kier alpha value is -1.49. The molecule has 0 radical (unpaired) electrons. The van der Waals surface area contributed by atoms with Crippen LogP contribution in [0.25, 0.3) is 0 Å². The largest absolute Gasteiger partial charge is 0.360 e. The van der Waals surface area contributed by atoms with Crippen LogP contribution in [0, 0.1) is 0 Å². The van der Waals surface area contributed by atoms with Crippen LogP contribution in [0.3, 0.4) is 0 Å². The molecule has 1 amide bonds. The van der Waals surface area contributed by atoms with E-state index in [1.54, 1.807) is 44.2 Å². The molecule has 0 saturated heterocycles. The van der Waals surface area contributed by atoms with E-state index in [1.807, 2.05) is 0 Å². The number of nitrogens with one attached hydrogen (secondary N) is 1. The molecule has 0 aliphatic rings. The Morgan fingerprint density at radius 2 is 1.67 bits per heavy atom. The molecule has 0 aliphatic heterocycles. The molecule has 1 aromatic rings. The fraction of sp³-hybridized carbons (Fsp3) is 0.429. The third-order valence-corrected chi connectivity index (χ3v) is 4.81. The molecule has 7 heteroatoms. The highest BCUT2D eigenvalue weighted by Crippen LogP contribution is 2.52. The molecule has 1 rings (SSSR count). The molecule has 0 aromatic heterocycles. The highest BCUT2D eigenvalue weighted by Gasteiger charge is 2.42. The van der Waals surface area contributed by atoms with E-state index in [9.17, 15) is 14.2 Å². The van der Waals surface area contributed by atoms with E-state index in [4.69, 9.17) is 9.05 Å². The SMILES string of the molecule is CCOP(=O)(OCC)[C@@H](NC(C)=O)C(=O)c1ccccc1. The number of carbonyl (C=O) groups excluding carboxylic acids is 2. The summed E-state index contributed by atoms with van der Waals surface area (Å²) in [6, 6.07) is 8.29. The van der Waals surface area contributed by atoms with Crippen molar-refractivity contribution in [3.8, 4) is 0 Å². The zero-order chi connectivity index (χ0) is 15.9. The van der Waals surface area contributed by atoms with Crippen LogP contribution in [0.4, 0.5) is 0 Å². The Balaban J connectivity index is 3.17. The lowest BCUT2D eigenvalue weighted by Crippen LogP contribution is -2.40. The molecule has 1 atom stereocenters. The van der Waals surface area contributed by atoms with Crippen molar-refractivity contribution in [1.82, 2.24) is 5.32 Å². The van der Waals surface area contributed by atoms with Crippen molar-refractivity contribution < 1.29 is 23.2 Å². The second kappa shape index (κ2) is 8.08. The van der Waals surface area contributed by atoms with E-state index in [2.05, 4.69) is 5.32 Å². The Labute approximate surface area is 124 Å². The smallest absolute Gasteiger partial charge is 0.336 e. The maximum Gasteiger partial charge on any atom is 0.360 e. The third-order valence-electron chi connectivity index (χ3n) is 2.58. The number of Topliss-reactive ketones (excluding diaryl/α,β-unsaturated/α-hetero) is 1. The van der Waals surface area contributed by atoms with E-state index in [0.29, 0.717) is 5.56 Å². The van der Waals surface area contributed by atoms with Gasteiger partial charge in [-0.3, -0.25) is 14.2 Å². The fourth-order valence-corrected chi connectivity index (χ4v) is 3.66. The summed E-state index contributed by atoms with van der Waals surface area (Å²) < 4.78 is 23.1. The molecule has 1 N–H and O–H groups in total. The summed E-state index contributed by atoms with van der Waals surface area (Å²) in [7, 11) is -3.79. The molecule has 0 heterocycles. The van der Waals surface area contributed by atoms with Crippen LogP contribution in [-0.4, -0.2) is 30.7 Å². The molecule has 0 saturated carbocycles. The Morgan fingerprint density at radius 3 is 2.10 bits per heavy atom. The zero-order valence-electron chi connectivity index (χ0n) is 12.4. The van der Waals surface area contributed by atoms with Crippen LogP contribution in [0.1, 0.15) is 31.1 Å². The van der Waals surface area contributed by atoms with Gasteiger partial charge >= 0.3 is 7.60 Å². The molecule has 0 fully saturated rings. The summed E-state index contributed by atoms with van der Waals surface area (Å²) in [4.78, 5) is 23.9. The number of benzene rings is 1. The van der Waals surface area contributed by atoms with E-state index in [-0.39, 0.29) is 13.2 Å². The van der Waals surface area contributed by atoms with Crippen LogP contribution in [0.2, 0.25) is 0 Å². The summed E-state index contributed by atoms with van der Waals surface area (Å²) in [5.41, 5.74) is 0.330. The van der Waals surface area contributed by atoms with Gasteiger partial charge in [0, 0.05) is 12.5 Å². The Morgan fingerprint density at radius 1 is 1.14 bits per heavy atom. The van der Waals surface area contributed by atoms with Gasteiger partial charge in [0.1, 0.15) is 0 Å². The lowest BCUT2D eigenvalue weighted by Gasteiger charge is -2.25. The van der Waals surface area contributed by atoms with Crippen LogP contribution in [0.15, 0.2) is 30.3 Å². The highest BCUT2D eigenvalue weighted by molar-refractivity contribution is 7.55. The number of amides is 1. The van der Waals surface area contributed by atoms with Crippen molar-refractivity contribution in [1.29, 1.82) is 0 Å². The summed E-state index contributed by atoms with van der Waals surface area (Å²) in [6.07, 6.45) is 0. The van der Waals surface area contributed by atoms with Gasteiger partial charge in [0.2, 0.25) is 5.91 Å². The van der Waals surface area contributed by atoms with Gasteiger partial charge in [0.05, 0.1) is 13.2 Å². The number of ketones is 1.